The monoisotopic (exact) mass is 248 g/mol. The van der Waals surface area contributed by atoms with Crippen LogP contribution < -0.4 is 5.32 Å². The molecule has 5 nitrogen and oxygen atoms in total. The molecule has 0 saturated heterocycles. The second-order valence-corrected chi connectivity index (χ2v) is 3.85. The first kappa shape index (κ1) is 13.8. The zero-order valence-electron chi connectivity index (χ0n) is 10.4. The van der Waals surface area contributed by atoms with Crippen LogP contribution in [0.25, 0.3) is 0 Å². The van der Waals surface area contributed by atoms with Gasteiger partial charge in [-0.3, -0.25) is 4.79 Å². The minimum Gasteiger partial charge on any atom is -0.507 e. The van der Waals surface area contributed by atoms with Gasteiger partial charge in [0, 0.05) is 23.7 Å². The highest BCUT2D eigenvalue weighted by Crippen LogP contribution is 2.31. The molecule has 0 radical (unpaired) electrons. The Hall–Kier alpha value is -2.30. The zero-order valence-corrected chi connectivity index (χ0v) is 10.4. The number of nitrogens with zero attached hydrogens (tertiary/aromatic N) is 1. The molecule has 1 rings (SSSR count). The quantitative estimate of drug-likeness (QED) is 0.331. The van der Waals surface area contributed by atoms with Crippen molar-refractivity contribution < 1.29 is 15.1 Å². The third kappa shape index (κ3) is 2.88. The smallest absolute Gasteiger partial charge is 0.221 e. The van der Waals surface area contributed by atoms with Crippen molar-refractivity contribution in [3.05, 3.63) is 35.9 Å². The molecule has 3 N–H and O–H groups in total. The standard InChI is InChI=1S/C13H16N2O3/c1-4-5-11-12(14-9(3)16)7-6-10(13(11)17)8(2)15-18/h4,6-7,17-18H,1,5H2,2-3H3,(H,14,16)/b15-8+. The average molecular weight is 248 g/mol. The number of phenols is 1. The van der Waals surface area contributed by atoms with Crippen molar-refractivity contribution in [3.63, 3.8) is 0 Å². The van der Waals surface area contributed by atoms with Crippen molar-refractivity contribution in [2.45, 2.75) is 20.3 Å². The highest BCUT2D eigenvalue weighted by atomic mass is 16.4. The lowest BCUT2D eigenvalue weighted by Crippen LogP contribution is -2.09. The third-order valence-corrected chi connectivity index (χ3v) is 2.48. The molecule has 0 spiro atoms. The summed E-state index contributed by atoms with van der Waals surface area (Å²) in [7, 11) is 0. The van der Waals surface area contributed by atoms with Gasteiger partial charge in [-0.15, -0.1) is 6.58 Å². The Labute approximate surface area is 105 Å². The lowest BCUT2D eigenvalue weighted by atomic mass is 10.0. The van der Waals surface area contributed by atoms with Crippen molar-refractivity contribution in [1.82, 2.24) is 0 Å². The predicted octanol–water partition coefficient (Wildman–Crippen LogP) is 2.28. The van der Waals surface area contributed by atoms with E-state index in [1.165, 1.54) is 6.92 Å². The second-order valence-electron chi connectivity index (χ2n) is 3.85. The van der Waals surface area contributed by atoms with Crippen molar-refractivity contribution in [3.8, 4) is 5.75 Å². The van der Waals surface area contributed by atoms with Crippen LogP contribution in [-0.4, -0.2) is 21.9 Å². The van der Waals surface area contributed by atoms with Crippen LogP contribution in [0, 0.1) is 0 Å². The molecule has 0 aliphatic heterocycles. The molecule has 1 aromatic rings. The molecule has 0 aliphatic rings. The van der Waals surface area contributed by atoms with Crippen LogP contribution in [0.3, 0.4) is 0 Å². The summed E-state index contributed by atoms with van der Waals surface area (Å²) in [5.74, 6) is -0.239. The number of aromatic hydroxyl groups is 1. The summed E-state index contributed by atoms with van der Waals surface area (Å²) in [4.78, 5) is 11.1. The Kier molecular flexibility index (Phi) is 4.48. The highest BCUT2D eigenvalue weighted by molar-refractivity contribution is 6.02. The number of hydrogen-bond donors (Lipinski definition) is 3. The summed E-state index contributed by atoms with van der Waals surface area (Å²) in [6, 6.07) is 3.24. The third-order valence-electron chi connectivity index (χ3n) is 2.48. The van der Waals surface area contributed by atoms with E-state index >= 15 is 0 Å². The number of oxime groups is 1. The number of benzene rings is 1. The maximum absolute atomic E-state index is 11.1. The molecule has 0 aromatic heterocycles. The molecule has 0 atom stereocenters. The van der Waals surface area contributed by atoms with E-state index in [1.54, 1.807) is 25.1 Å². The molecule has 1 aromatic carbocycles. The average Bonchev–Trinajstić information content (AvgIpc) is 2.32. The fourth-order valence-electron chi connectivity index (χ4n) is 1.64. The first-order valence-electron chi connectivity index (χ1n) is 5.43. The Morgan fingerprint density at radius 2 is 2.17 bits per heavy atom. The highest BCUT2D eigenvalue weighted by Gasteiger charge is 2.14. The molecule has 0 heterocycles. The van der Waals surface area contributed by atoms with Gasteiger partial charge in [0.1, 0.15) is 5.75 Å². The maximum atomic E-state index is 11.1. The largest absolute Gasteiger partial charge is 0.507 e. The lowest BCUT2D eigenvalue weighted by molar-refractivity contribution is -0.114. The van der Waals surface area contributed by atoms with Crippen LogP contribution in [0.1, 0.15) is 25.0 Å². The van der Waals surface area contributed by atoms with E-state index in [0.717, 1.165) is 0 Å². The summed E-state index contributed by atoms with van der Waals surface area (Å²) in [5.41, 5.74) is 1.78. The second kappa shape index (κ2) is 5.86. The van der Waals surface area contributed by atoms with Crippen molar-refractivity contribution in [2.75, 3.05) is 5.32 Å². The number of anilines is 1. The predicted molar refractivity (Wildman–Crippen MR) is 70.3 cm³/mol. The van der Waals surface area contributed by atoms with Gasteiger partial charge in [0.05, 0.1) is 5.71 Å². The summed E-state index contributed by atoms with van der Waals surface area (Å²) in [6.07, 6.45) is 2.02. The van der Waals surface area contributed by atoms with Crippen LogP contribution in [0.4, 0.5) is 5.69 Å². The summed E-state index contributed by atoms with van der Waals surface area (Å²) in [5, 5.41) is 24.5. The molecule has 0 saturated carbocycles. The number of phenolic OH excluding ortho intramolecular Hbond substituents is 1. The Bertz CT molecular complexity index is 507. The molecule has 0 bridgehead atoms. The van der Waals surface area contributed by atoms with Gasteiger partial charge in [0.15, 0.2) is 0 Å². The maximum Gasteiger partial charge on any atom is 0.221 e. The van der Waals surface area contributed by atoms with Gasteiger partial charge in [-0.1, -0.05) is 11.2 Å². The zero-order chi connectivity index (χ0) is 13.7. The molecule has 18 heavy (non-hydrogen) atoms. The van der Waals surface area contributed by atoms with Gasteiger partial charge in [0.2, 0.25) is 5.91 Å². The van der Waals surface area contributed by atoms with Gasteiger partial charge in [-0.2, -0.15) is 0 Å². The summed E-state index contributed by atoms with van der Waals surface area (Å²) < 4.78 is 0. The molecular weight excluding hydrogens is 232 g/mol. The Balaban J connectivity index is 3.36. The molecule has 0 fully saturated rings. The number of allylic oxidation sites excluding steroid dienone is 1. The number of rotatable bonds is 4. The molecule has 96 valence electrons. The van der Waals surface area contributed by atoms with E-state index in [4.69, 9.17) is 5.21 Å². The summed E-state index contributed by atoms with van der Waals surface area (Å²) >= 11 is 0. The number of hydrogen-bond acceptors (Lipinski definition) is 4. The van der Waals surface area contributed by atoms with Gasteiger partial charge in [-0.05, 0) is 25.5 Å². The fraction of sp³-hybridized carbons (Fsp3) is 0.231. The number of nitrogens with one attached hydrogen (secondary N) is 1. The Morgan fingerprint density at radius 3 is 2.67 bits per heavy atom. The van der Waals surface area contributed by atoms with E-state index in [9.17, 15) is 9.90 Å². The molecular formula is C13H16N2O3. The minimum absolute atomic E-state index is 0.0172. The van der Waals surface area contributed by atoms with Crippen LogP contribution in [0.15, 0.2) is 29.9 Å². The number of carbonyl (C=O) groups excluding carboxylic acids is 1. The molecule has 0 aliphatic carbocycles. The molecule has 5 heteroatoms. The first-order chi connectivity index (χ1) is 8.51. The van der Waals surface area contributed by atoms with Crippen LogP contribution in [-0.2, 0) is 11.2 Å². The van der Waals surface area contributed by atoms with Gasteiger partial charge >= 0.3 is 0 Å². The summed E-state index contributed by atoms with van der Waals surface area (Å²) in [6.45, 7) is 6.57. The number of carbonyl (C=O) groups is 1. The SMILES string of the molecule is C=CCc1c(NC(C)=O)ccc(/C(C)=N/O)c1O. The fourth-order valence-corrected chi connectivity index (χ4v) is 1.64. The van der Waals surface area contributed by atoms with Gasteiger partial charge < -0.3 is 15.6 Å². The van der Waals surface area contributed by atoms with Gasteiger partial charge in [-0.25, -0.2) is 0 Å². The van der Waals surface area contributed by atoms with Crippen molar-refractivity contribution in [2.24, 2.45) is 5.16 Å². The molecule has 1 amide bonds. The van der Waals surface area contributed by atoms with E-state index in [0.29, 0.717) is 28.9 Å². The lowest BCUT2D eigenvalue weighted by Gasteiger charge is -2.13. The molecule has 0 unspecified atom stereocenters. The topological polar surface area (TPSA) is 81.9 Å². The van der Waals surface area contributed by atoms with Crippen LogP contribution in [0.2, 0.25) is 0 Å². The van der Waals surface area contributed by atoms with E-state index in [-0.39, 0.29) is 11.7 Å². The number of amides is 1. The van der Waals surface area contributed by atoms with Crippen molar-refractivity contribution >= 4 is 17.3 Å². The van der Waals surface area contributed by atoms with Gasteiger partial charge in [0.25, 0.3) is 0 Å². The van der Waals surface area contributed by atoms with E-state index < -0.39 is 0 Å². The van der Waals surface area contributed by atoms with Crippen LogP contribution >= 0.6 is 0 Å². The van der Waals surface area contributed by atoms with Crippen LogP contribution in [0.5, 0.6) is 5.75 Å². The van der Waals surface area contributed by atoms with E-state index in [2.05, 4.69) is 17.1 Å². The Morgan fingerprint density at radius 1 is 1.50 bits per heavy atom. The normalized spacial score (nSPS) is 11.1. The van der Waals surface area contributed by atoms with Crippen molar-refractivity contribution in [1.29, 1.82) is 0 Å². The minimum atomic E-state index is -0.222. The first-order valence-corrected chi connectivity index (χ1v) is 5.43. The van der Waals surface area contributed by atoms with E-state index in [1.807, 2.05) is 0 Å².